The van der Waals surface area contributed by atoms with Crippen LogP contribution in [-0.2, 0) is 13.9 Å². The average Bonchev–Trinajstić information content (AvgIpc) is 2.72. The van der Waals surface area contributed by atoms with Gasteiger partial charge >= 0.3 is 0 Å². The van der Waals surface area contributed by atoms with E-state index in [1.54, 1.807) is 0 Å². The monoisotopic (exact) mass is 286 g/mol. The molecule has 4 unspecified atom stereocenters. The summed E-state index contributed by atoms with van der Waals surface area (Å²) >= 11 is 0. The smallest absolute Gasteiger partial charge is 0.192 e. The second-order valence-corrected chi connectivity index (χ2v) is 12.3. The molecule has 0 amide bonds. The predicted molar refractivity (Wildman–Crippen MR) is 79.7 cm³/mol. The van der Waals surface area contributed by atoms with Crippen molar-refractivity contribution in [2.45, 2.75) is 83.6 Å². The highest BCUT2D eigenvalue weighted by atomic mass is 28.4. The highest BCUT2D eigenvalue weighted by molar-refractivity contribution is 6.74. The molecule has 4 heteroatoms. The van der Waals surface area contributed by atoms with Crippen LogP contribution in [0.1, 0.15) is 47.0 Å². The molecule has 0 N–H and O–H groups in total. The normalized spacial score (nSPS) is 35.7. The molecule has 2 aliphatic rings. The van der Waals surface area contributed by atoms with Crippen LogP contribution in [0.25, 0.3) is 0 Å². The number of hydrogen-bond acceptors (Lipinski definition) is 3. The van der Waals surface area contributed by atoms with Gasteiger partial charge in [-0.15, -0.1) is 0 Å². The second kappa shape index (κ2) is 5.47. The number of ether oxygens (including phenoxy) is 2. The fourth-order valence-corrected chi connectivity index (χ4v) is 4.31. The lowest BCUT2D eigenvalue weighted by molar-refractivity contribution is -0.132. The number of hydrogen-bond donors (Lipinski definition) is 0. The van der Waals surface area contributed by atoms with Crippen LogP contribution < -0.4 is 0 Å². The lowest BCUT2D eigenvalue weighted by atomic mass is 10.0. The van der Waals surface area contributed by atoms with Crippen molar-refractivity contribution in [1.29, 1.82) is 0 Å². The van der Waals surface area contributed by atoms with Gasteiger partial charge in [0.1, 0.15) is 0 Å². The minimum absolute atomic E-state index is 0.0359. The summed E-state index contributed by atoms with van der Waals surface area (Å²) in [6.07, 6.45) is 4.07. The standard InChI is InChI=1S/C15H30O3Si/c1-7-16-14-9-11-8-12(10-13(11)17-14)18-19(5,6)15(2,3)4/h11-14H,7-10H2,1-6H3. The third-order valence-electron chi connectivity index (χ3n) is 5.03. The van der Waals surface area contributed by atoms with Crippen LogP contribution in [0.5, 0.6) is 0 Å². The minimum atomic E-state index is -1.64. The van der Waals surface area contributed by atoms with Crippen molar-refractivity contribution in [3.63, 3.8) is 0 Å². The zero-order chi connectivity index (χ0) is 14.3. The Morgan fingerprint density at radius 3 is 2.37 bits per heavy atom. The van der Waals surface area contributed by atoms with Crippen molar-refractivity contribution in [2.24, 2.45) is 5.92 Å². The number of fused-ring (bicyclic) bond motifs is 1. The molecule has 0 aromatic rings. The zero-order valence-corrected chi connectivity index (χ0v) is 14.4. The van der Waals surface area contributed by atoms with Crippen LogP contribution in [0.4, 0.5) is 0 Å². The van der Waals surface area contributed by atoms with Crippen LogP contribution in [0, 0.1) is 5.92 Å². The third-order valence-corrected chi connectivity index (χ3v) is 9.56. The Kier molecular flexibility index (Phi) is 4.46. The summed E-state index contributed by atoms with van der Waals surface area (Å²) in [6, 6.07) is 0. The summed E-state index contributed by atoms with van der Waals surface area (Å²) < 4.78 is 18.1. The van der Waals surface area contributed by atoms with E-state index in [2.05, 4.69) is 33.9 Å². The van der Waals surface area contributed by atoms with Gasteiger partial charge < -0.3 is 13.9 Å². The molecule has 1 saturated carbocycles. The molecule has 0 bridgehead atoms. The lowest BCUT2D eigenvalue weighted by Crippen LogP contribution is -2.43. The molecule has 3 nitrogen and oxygen atoms in total. The summed E-state index contributed by atoms with van der Waals surface area (Å²) in [6.45, 7) is 14.4. The first-order valence-electron chi connectivity index (χ1n) is 7.68. The summed E-state index contributed by atoms with van der Waals surface area (Å²) in [4.78, 5) is 0. The van der Waals surface area contributed by atoms with E-state index in [0.717, 1.165) is 25.9 Å². The van der Waals surface area contributed by atoms with E-state index < -0.39 is 8.32 Å². The van der Waals surface area contributed by atoms with Crippen molar-refractivity contribution >= 4 is 8.32 Å². The zero-order valence-electron chi connectivity index (χ0n) is 13.4. The van der Waals surface area contributed by atoms with Gasteiger partial charge in [-0.3, -0.25) is 0 Å². The summed E-state index contributed by atoms with van der Waals surface area (Å²) in [5, 5.41) is 0.291. The van der Waals surface area contributed by atoms with Gasteiger partial charge in [0.15, 0.2) is 14.6 Å². The molecule has 4 atom stereocenters. The van der Waals surface area contributed by atoms with Gasteiger partial charge in [-0.2, -0.15) is 0 Å². The van der Waals surface area contributed by atoms with Crippen molar-refractivity contribution in [1.82, 2.24) is 0 Å². The molecule has 1 aliphatic heterocycles. The fraction of sp³-hybridized carbons (Fsp3) is 1.00. The molecule has 2 fully saturated rings. The maximum atomic E-state index is 6.51. The fourth-order valence-electron chi connectivity index (χ4n) is 2.93. The van der Waals surface area contributed by atoms with Gasteiger partial charge in [0.2, 0.25) is 0 Å². The van der Waals surface area contributed by atoms with Gasteiger partial charge in [-0.1, -0.05) is 20.8 Å². The van der Waals surface area contributed by atoms with Crippen LogP contribution in [0.15, 0.2) is 0 Å². The van der Waals surface area contributed by atoms with E-state index in [1.807, 2.05) is 6.92 Å². The molecule has 0 aromatic carbocycles. The first kappa shape index (κ1) is 15.5. The van der Waals surface area contributed by atoms with Gasteiger partial charge in [0, 0.05) is 19.1 Å². The Morgan fingerprint density at radius 1 is 1.16 bits per heavy atom. The Balaban J connectivity index is 1.85. The van der Waals surface area contributed by atoms with E-state index in [4.69, 9.17) is 13.9 Å². The Labute approximate surface area is 119 Å². The highest BCUT2D eigenvalue weighted by Gasteiger charge is 2.47. The van der Waals surface area contributed by atoms with Gasteiger partial charge in [-0.25, -0.2) is 0 Å². The lowest BCUT2D eigenvalue weighted by Gasteiger charge is -2.38. The number of rotatable bonds is 4. The third kappa shape index (κ3) is 3.41. The molecule has 0 radical (unpaired) electrons. The second-order valence-electron chi connectivity index (χ2n) is 7.53. The van der Waals surface area contributed by atoms with Crippen LogP contribution in [0.3, 0.4) is 0 Å². The highest BCUT2D eigenvalue weighted by Crippen LogP contribution is 2.44. The largest absolute Gasteiger partial charge is 0.414 e. The molecule has 1 heterocycles. The van der Waals surface area contributed by atoms with Gasteiger partial charge in [-0.05, 0) is 43.8 Å². The first-order chi connectivity index (χ1) is 8.73. The first-order valence-corrected chi connectivity index (χ1v) is 10.6. The Bertz CT molecular complexity index is 297. The topological polar surface area (TPSA) is 27.7 Å². The van der Waals surface area contributed by atoms with E-state index in [9.17, 15) is 0 Å². The van der Waals surface area contributed by atoms with Crippen molar-refractivity contribution in [3.05, 3.63) is 0 Å². The SMILES string of the molecule is CCOC1CC2CC(O[Si](C)(C)C(C)(C)C)CC2O1. The quantitative estimate of drug-likeness (QED) is 0.733. The Hall–Kier alpha value is 0.0969. The summed E-state index contributed by atoms with van der Waals surface area (Å²) in [5.74, 6) is 0.645. The van der Waals surface area contributed by atoms with E-state index in [-0.39, 0.29) is 6.29 Å². The van der Waals surface area contributed by atoms with Crippen LogP contribution >= 0.6 is 0 Å². The maximum Gasteiger partial charge on any atom is 0.192 e. The molecule has 0 spiro atoms. The van der Waals surface area contributed by atoms with Crippen molar-refractivity contribution in [2.75, 3.05) is 6.61 Å². The molecular weight excluding hydrogens is 256 g/mol. The summed E-state index contributed by atoms with van der Waals surface area (Å²) in [7, 11) is -1.64. The van der Waals surface area contributed by atoms with E-state index in [0.29, 0.717) is 23.2 Å². The van der Waals surface area contributed by atoms with E-state index >= 15 is 0 Å². The Morgan fingerprint density at radius 2 is 1.84 bits per heavy atom. The predicted octanol–water partition coefficient (Wildman–Crippen LogP) is 3.94. The van der Waals surface area contributed by atoms with Gasteiger partial charge in [0.25, 0.3) is 0 Å². The summed E-state index contributed by atoms with van der Waals surface area (Å²) in [5.41, 5.74) is 0. The van der Waals surface area contributed by atoms with Gasteiger partial charge in [0.05, 0.1) is 6.10 Å². The van der Waals surface area contributed by atoms with E-state index in [1.165, 1.54) is 0 Å². The molecule has 0 aromatic heterocycles. The minimum Gasteiger partial charge on any atom is -0.414 e. The molecule has 2 rings (SSSR count). The molecule has 112 valence electrons. The maximum absolute atomic E-state index is 6.51. The average molecular weight is 286 g/mol. The van der Waals surface area contributed by atoms with Crippen molar-refractivity contribution in [3.8, 4) is 0 Å². The molecule has 1 saturated heterocycles. The molecule has 19 heavy (non-hydrogen) atoms. The van der Waals surface area contributed by atoms with Crippen LogP contribution in [0.2, 0.25) is 18.1 Å². The van der Waals surface area contributed by atoms with Crippen molar-refractivity contribution < 1.29 is 13.9 Å². The van der Waals surface area contributed by atoms with Crippen LogP contribution in [-0.4, -0.2) is 33.4 Å². The molecule has 1 aliphatic carbocycles. The molecular formula is C15H30O3Si.